The fraction of sp³-hybridized carbons (Fsp3) is 0.450. The second-order valence-corrected chi connectivity index (χ2v) is 7.12. The molecule has 0 spiro atoms. The van der Waals surface area contributed by atoms with Gasteiger partial charge in [-0.1, -0.05) is 18.6 Å². The van der Waals surface area contributed by atoms with Gasteiger partial charge in [0.1, 0.15) is 12.4 Å². The third kappa shape index (κ3) is 3.36. The lowest BCUT2D eigenvalue weighted by Gasteiger charge is -2.36. The molecule has 0 N–H and O–H groups in total. The van der Waals surface area contributed by atoms with Crippen molar-refractivity contribution in [3.63, 3.8) is 0 Å². The summed E-state index contributed by atoms with van der Waals surface area (Å²) in [7, 11) is 0. The van der Waals surface area contributed by atoms with Gasteiger partial charge in [-0.3, -0.25) is 9.59 Å². The van der Waals surface area contributed by atoms with Crippen LogP contribution in [0.15, 0.2) is 42.7 Å². The molecule has 0 saturated heterocycles. The zero-order valence-electron chi connectivity index (χ0n) is 14.1. The lowest BCUT2D eigenvalue weighted by molar-refractivity contribution is -0.154. The van der Waals surface area contributed by atoms with Crippen LogP contribution in [0, 0.1) is 17.8 Å². The number of hydrogen-bond donors (Lipinski definition) is 0. The molecule has 0 amide bonds. The lowest BCUT2D eigenvalue weighted by Crippen LogP contribution is -2.39. The van der Waals surface area contributed by atoms with E-state index in [-0.39, 0.29) is 30.3 Å². The van der Waals surface area contributed by atoms with Crippen molar-refractivity contribution in [2.75, 3.05) is 0 Å². The molecular formula is C20H22N2O3. The van der Waals surface area contributed by atoms with Crippen LogP contribution in [0.3, 0.4) is 0 Å². The van der Waals surface area contributed by atoms with Gasteiger partial charge in [0, 0.05) is 24.2 Å². The third-order valence-corrected chi connectivity index (χ3v) is 5.47. The Morgan fingerprint density at radius 3 is 2.52 bits per heavy atom. The van der Waals surface area contributed by atoms with Crippen molar-refractivity contribution < 1.29 is 14.3 Å². The second-order valence-electron chi connectivity index (χ2n) is 7.12. The SMILES string of the molecule is O=C(OCc1ccc(-n2cccn2)cc1)C1C[C@H]2CCC[C@@H](C1)C2=O. The fourth-order valence-corrected chi connectivity index (χ4v) is 4.11. The summed E-state index contributed by atoms with van der Waals surface area (Å²) in [6, 6.07) is 9.69. The summed E-state index contributed by atoms with van der Waals surface area (Å²) in [6.07, 6.45) is 7.96. The van der Waals surface area contributed by atoms with Gasteiger partial charge in [0.25, 0.3) is 0 Å². The second kappa shape index (κ2) is 6.82. The molecule has 130 valence electrons. The topological polar surface area (TPSA) is 61.2 Å². The van der Waals surface area contributed by atoms with E-state index in [4.69, 9.17) is 4.74 Å². The van der Waals surface area contributed by atoms with Gasteiger partial charge in [-0.05, 0) is 49.4 Å². The first-order valence-electron chi connectivity index (χ1n) is 9.00. The number of ether oxygens (including phenoxy) is 1. The van der Waals surface area contributed by atoms with Crippen molar-refractivity contribution >= 4 is 11.8 Å². The third-order valence-electron chi connectivity index (χ3n) is 5.47. The number of carbonyl (C=O) groups is 2. The van der Waals surface area contributed by atoms with Crippen LogP contribution in [0.1, 0.15) is 37.7 Å². The molecule has 2 aromatic rings. The van der Waals surface area contributed by atoms with Crippen LogP contribution in [0.2, 0.25) is 0 Å². The Morgan fingerprint density at radius 2 is 1.88 bits per heavy atom. The van der Waals surface area contributed by atoms with Crippen molar-refractivity contribution in [1.82, 2.24) is 9.78 Å². The number of aromatic nitrogens is 2. The molecule has 1 aromatic carbocycles. The van der Waals surface area contributed by atoms with E-state index >= 15 is 0 Å². The van der Waals surface area contributed by atoms with Crippen LogP contribution in [0.4, 0.5) is 0 Å². The Morgan fingerprint density at radius 1 is 1.16 bits per heavy atom. The van der Waals surface area contributed by atoms with E-state index in [9.17, 15) is 9.59 Å². The van der Waals surface area contributed by atoms with E-state index in [1.807, 2.05) is 36.5 Å². The molecule has 2 saturated carbocycles. The van der Waals surface area contributed by atoms with Crippen molar-refractivity contribution in [2.24, 2.45) is 17.8 Å². The predicted molar refractivity (Wildman–Crippen MR) is 91.9 cm³/mol. The zero-order chi connectivity index (χ0) is 17.2. The van der Waals surface area contributed by atoms with Crippen LogP contribution in [-0.4, -0.2) is 21.5 Å². The first-order valence-corrected chi connectivity index (χ1v) is 9.00. The maximum Gasteiger partial charge on any atom is 0.309 e. The summed E-state index contributed by atoms with van der Waals surface area (Å²) in [6.45, 7) is 0.276. The zero-order valence-corrected chi connectivity index (χ0v) is 14.1. The largest absolute Gasteiger partial charge is 0.461 e. The normalized spacial score (nSPS) is 25.6. The van der Waals surface area contributed by atoms with Gasteiger partial charge in [0.05, 0.1) is 11.6 Å². The summed E-state index contributed by atoms with van der Waals surface area (Å²) < 4.78 is 7.31. The molecule has 25 heavy (non-hydrogen) atoms. The van der Waals surface area contributed by atoms with Crippen molar-refractivity contribution in [1.29, 1.82) is 0 Å². The number of Topliss-reactive ketones (excluding diaryl/α,β-unsaturated/α-hetero) is 1. The highest BCUT2D eigenvalue weighted by Gasteiger charge is 2.41. The highest BCUT2D eigenvalue weighted by atomic mass is 16.5. The van der Waals surface area contributed by atoms with Crippen LogP contribution in [0.25, 0.3) is 5.69 Å². The Balaban J connectivity index is 1.33. The fourth-order valence-electron chi connectivity index (χ4n) is 4.11. The van der Waals surface area contributed by atoms with Crippen molar-refractivity contribution in [3.8, 4) is 5.69 Å². The van der Waals surface area contributed by atoms with Gasteiger partial charge in [-0.25, -0.2) is 4.68 Å². The van der Waals surface area contributed by atoms with Gasteiger partial charge >= 0.3 is 5.97 Å². The number of rotatable bonds is 4. The molecule has 5 heteroatoms. The first-order chi connectivity index (χ1) is 12.2. The predicted octanol–water partition coefficient (Wildman–Crippen LogP) is 3.31. The standard InChI is InChI=1S/C20H22N2O3/c23-19-15-3-1-4-16(19)12-17(11-15)20(24)25-13-14-5-7-18(8-6-14)22-10-2-9-21-22/h2,5-10,15-17H,1,3-4,11-13H2/t15-,16+,17?. The molecule has 2 aliphatic rings. The monoisotopic (exact) mass is 338 g/mol. The number of ketones is 1. The molecule has 2 fully saturated rings. The van der Waals surface area contributed by atoms with Gasteiger partial charge in [-0.15, -0.1) is 0 Å². The van der Waals surface area contributed by atoms with E-state index in [1.54, 1.807) is 10.9 Å². The molecule has 2 bridgehead atoms. The van der Waals surface area contributed by atoms with E-state index in [1.165, 1.54) is 0 Å². The summed E-state index contributed by atoms with van der Waals surface area (Å²) in [5, 5.41) is 4.19. The van der Waals surface area contributed by atoms with E-state index < -0.39 is 0 Å². The Kier molecular flexibility index (Phi) is 4.38. The average Bonchev–Trinajstić information content (AvgIpc) is 3.14. The molecular weight excluding hydrogens is 316 g/mol. The lowest BCUT2D eigenvalue weighted by atomic mass is 9.67. The molecule has 5 nitrogen and oxygen atoms in total. The van der Waals surface area contributed by atoms with Crippen LogP contribution >= 0.6 is 0 Å². The van der Waals surface area contributed by atoms with Crippen molar-refractivity contribution in [2.45, 2.75) is 38.7 Å². The molecule has 1 unspecified atom stereocenters. The summed E-state index contributed by atoms with van der Waals surface area (Å²) in [5.74, 6) is 0.276. The number of hydrogen-bond acceptors (Lipinski definition) is 4. The first kappa shape index (κ1) is 16.1. The van der Waals surface area contributed by atoms with Crippen LogP contribution < -0.4 is 0 Å². The molecule has 1 aromatic heterocycles. The maximum atomic E-state index is 12.4. The van der Waals surface area contributed by atoms with Gasteiger partial charge in [-0.2, -0.15) is 5.10 Å². The number of esters is 1. The minimum absolute atomic E-state index is 0.0819. The van der Waals surface area contributed by atoms with E-state index in [2.05, 4.69) is 5.10 Å². The highest BCUT2D eigenvalue weighted by molar-refractivity contribution is 5.87. The maximum absolute atomic E-state index is 12.4. The Bertz CT molecular complexity index is 736. The summed E-state index contributed by atoms with van der Waals surface area (Å²) in [5.41, 5.74) is 1.93. The van der Waals surface area contributed by atoms with Gasteiger partial charge < -0.3 is 4.74 Å². The number of nitrogens with zero attached hydrogens (tertiary/aromatic N) is 2. The molecule has 0 aliphatic heterocycles. The number of benzene rings is 1. The molecule has 2 aliphatic carbocycles. The average molecular weight is 338 g/mol. The smallest absolute Gasteiger partial charge is 0.309 e. The van der Waals surface area contributed by atoms with Crippen LogP contribution in [-0.2, 0) is 20.9 Å². The van der Waals surface area contributed by atoms with E-state index in [0.29, 0.717) is 18.6 Å². The minimum Gasteiger partial charge on any atom is -0.461 e. The number of fused-ring (bicyclic) bond motifs is 2. The minimum atomic E-state index is -0.152. The number of carbonyl (C=O) groups excluding carboxylic acids is 2. The Hall–Kier alpha value is -2.43. The molecule has 4 rings (SSSR count). The molecule has 3 atom stereocenters. The van der Waals surface area contributed by atoms with Crippen molar-refractivity contribution in [3.05, 3.63) is 48.3 Å². The van der Waals surface area contributed by atoms with E-state index in [0.717, 1.165) is 30.5 Å². The molecule has 1 heterocycles. The van der Waals surface area contributed by atoms with Gasteiger partial charge in [0.15, 0.2) is 0 Å². The summed E-state index contributed by atoms with van der Waals surface area (Å²) in [4.78, 5) is 24.5. The van der Waals surface area contributed by atoms with Gasteiger partial charge in [0.2, 0.25) is 0 Å². The quantitative estimate of drug-likeness (QED) is 0.803. The highest BCUT2D eigenvalue weighted by Crippen LogP contribution is 2.40. The molecule has 0 radical (unpaired) electrons. The Labute approximate surface area is 147 Å². The summed E-state index contributed by atoms with van der Waals surface area (Å²) >= 11 is 0. The van der Waals surface area contributed by atoms with Crippen LogP contribution in [0.5, 0.6) is 0 Å².